The SMILES string of the molecule is O=C(N[C@H]1CCN(Cc2ccccc2)C1)Oc1ccc([N+](=O)[O-])cc1. The number of rotatable bonds is 5. The van der Waals surface area contributed by atoms with E-state index in [-0.39, 0.29) is 17.5 Å². The lowest BCUT2D eigenvalue weighted by Crippen LogP contribution is -2.38. The van der Waals surface area contributed by atoms with Crippen LogP contribution in [0.15, 0.2) is 54.6 Å². The van der Waals surface area contributed by atoms with Gasteiger partial charge in [0.2, 0.25) is 0 Å². The minimum absolute atomic E-state index is 0.0364. The summed E-state index contributed by atoms with van der Waals surface area (Å²) in [7, 11) is 0. The highest BCUT2D eigenvalue weighted by Gasteiger charge is 2.24. The van der Waals surface area contributed by atoms with E-state index in [4.69, 9.17) is 4.74 Å². The van der Waals surface area contributed by atoms with Crippen molar-refractivity contribution in [3.63, 3.8) is 0 Å². The summed E-state index contributed by atoms with van der Waals surface area (Å²) in [5.41, 5.74) is 1.21. The highest BCUT2D eigenvalue weighted by Crippen LogP contribution is 2.18. The molecule has 1 fully saturated rings. The maximum absolute atomic E-state index is 12.0. The van der Waals surface area contributed by atoms with Crippen molar-refractivity contribution in [2.45, 2.75) is 19.0 Å². The number of nitro groups is 1. The molecule has 130 valence electrons. The van der Waals surface area contributed by atoms with Gasteiger partial charge in [0.1, 0.15) is 5.75 Å². The first-order valence-corrected chi connectivity index (χ1v) is 8.09. The van der Waals surface area contributed by atoms with Crippen LogP contribution < -0.4 is 10.1 Å². The first-order valence-electron chi connectivity index (χ1n) is 8.09. The molecule has 0 aromatic heterocycles. The third-order valence-electron chi connectivity index (χ3n) is 4.10. The Morgan fingerprint density at radius 2 is 1.92 bits per heavy atom. The van der Waals surface area contributed by atoms with Crippen molar-refractivity contribution in [1.29, 1.82) is 0 Å². The Bertz CT molecular complexity index is 734. The summed E-state index contributed by atoms with van der Waals surface area (Å²) in [6, 6.07) is 15.7. The van der Waals surface area contributed by atoms with Crippen LogP contribution in [0.1, 0.15) is 12.0 Å². The van der Waals surface area contributed by atoms with Crippen LogP contribution in [-0.2, 0) is 6.54 Å². The van der Waals surface area contributed by atoms with E-state index in [1.165, 1.54) is 29.8 Å². The fourth-order valence-corrected chi connectivity index (χ4v) is 2.87. The number of nitro benzene ring substituents is 1. The van der Waals surface area contributed by atoms with E-state index in [0.717, 1.165) is 26.1 Å². The van der Waals surface area contributed by atoms with E-state index in [1.807, 2.05) is 18.2 Å². The van der Waals surface area contributed by atoms with Crippen LogP contribution in [-0.4, -0.2) is 35.0 Å². The van der Waals surface area contributed by atoms with E-state index in [0.29, 0.717) is 0 Å². The van der Waals surface area contributed by atoms with Crippen LogP contribution in [0.5, 0.6) is 5.75 Å². The lowest BCUT2D eigenvalue weighted by atomic mass is 10.2. The minimum atomic E-state index is -0.541. The van der Waals surface area contributed by atoms with Crippen molar-refractivity contribution in [3.05, 3.63) is 70.3 Å². The Morgan fingerprint density at radius 1 is 1.20 bits per heavy atom. The highest BCUT2D eigenvalue weighted by atomic mass is 16.6. The molecule has 1 N–H and O–H groups in total. The summed E-state index contributed by atoms with van der Waals surface area (Å²) in [6.07, 6.45) is 0.322. The summed E-state index contributed by atoms with van der Waals surface area (Å²) >= 11 is 0. The molecule has 1 atom stereocenters. The Balaban J connectivity index is 1.46. The van der Waals surface area contributed by atoms with Crippen LogP contribution in [0.2, 0.25) is 0 Å². The summed E-state index contributed by atoms with van der Waals surface area (Å²) in [5.74, 6) is 0.280. The van der Waals surface area contributed by atoms with Gasteiger partial charge in [-0.05, 0) is 24.1 Å². The monoisotopic (exact) mass is 341 g/mol. The maximum atomic E-state index is 12.0. The Labute approximate surface area is 145 Å². The summed E-state index contributed by atoms with van der Waals surface area (Å²) in [4.78, 5) is 24.4. The van der Waals surface area contributed by atoms with Crippen LogP contribution in [0.25, 0.3) is 0 Å². The van der Waals surface area contributed by atoms with Gasteiger partial charge in [-0.1, -0.05) is 30.3 Å². The number of amides is 1. The van der Waals surface area contributed by atoms with Gasteiger partial charge in [-0.2, -0.15) is 0 Å². The molecule has 1 heterocycles. The van der Waals surface area contributed by atoms with E-state index in [2.05, 4.69) is 22.3 Å². The number of ether oxygens (including phenoxy) is 1. The number of nitrogens with zero attached hydrogens (tertiary/aromatic N) is 2. The van der Waals surface area contributed by atoms with Gasteiger partial charge in [0.05, 0.1) is 4.92 Å². The molecule has 0 bridgehead atoms. The van der Waals surface area contributed by atoms with E-state index in [9.17, 15) is 14.9 Å². The number of carbonyl (C=O) groups is 1. The molecule has 3 rings (SSSR count). The molecule has 0 aliphatic carbocycles. The molecule has 25 heavy (non-hydrogen) atoms. The van der Waals surface area contributed by atoms with Crippen molar-refractivity contribution in [1.82, 2.24) is 10.2 Å². The van der Waals surface area contributed by atoms with Crippen molar-refractivity contribution in [3.8, 4) is 5.75 Å². The van der Waals surface area contributed by atoms with Gasteiger partial charge >= 0.3 is 6.09 Å². The summed E-state index contributed by atoms with van der Waals surface area (Å²) in [5, 5.41) is 13.5. The molecular formula is C18H19N3O4. The molecule has 2 aromatic carbocycles. The van der Waals surface area contributed by atoms with Crippen LogP contribution in [0, 0.1) is 10.1 Å². The molecule has 1 aliphatic rings. The van der Waals surface area contributed by atoms with E-state index in [1.54, 1.807) is 0 Å². The quantitative estimate of drug-likeness (QED) is 0.667. The standard InChI is InChI=1S/C18H19N3O4/c22-18(25-17-8-6-16(7-9-17)21(23)24)19-15-10-11-20(13-15)12-14-4-2-1-3-5-14/h1-9,15H,10-13H2,(H,19,22)/t15-/m0/s1. The zero-order valence-electron chi connectivity index (χ0n) is 13.6. The number of likely N-dealkylation sites (tertiary alicyclic amines) is 1. The lowest BCUT2D eigenvalue weighted by Gasteiger charge is -2.16. The predicted octanol–water partition coefficient (Wildman–Crippen LogP) is 2.96. The molecule has 7 heteroatoms. The Morgan fingerprint density at radius 3 is 2.60 bits per heavy atom. The number of benzene rings is 2. The Kier molecular flexibility index (Phi) is 5.25. The normalized spacial score (nSPS) is 17.2. The molecule has 0 saturated carbocycles. The predicted molar refractivity (Wildman–Crippen MR) is 92.4 cm³/mol. The number of carbonyl (C=O) groups excluding carboxylic acids is 1. The molecule has 0 radical (unpaired) electrons. The minimum Gasteiger partial charge on any atom is -0.410 e. The zero-order valence-corrected chi connectivity index (χ0v) is 13.6. The second-order valence-corrected chi connectivity index (χ2v) is 5.99. The smallest absolute Gasteiger partial charge is 0.410 e. The van der Waals surface area contributed by atoms with E-state index < -0.39 is 11.0 Å². The average molecular weight is 341 g/mol. The third-order valence-corrected chi connectivity index (χ3v) is 4.10. The van der Waals surface area contributed by atoms with Crippen molar-refractivity contribution in [2.24, 2.45) is 0 Å². The first kappa shape index (κ1) is 16.9. The van der Waals surface area contributed by atoms with Crippen LogP contribution in [0.4, 0.5) is 10.5 Å². The van der Waals surface area contributed by atoms with Gasteiger partial charge in [-0.25, -0.2) is 4.79 Å². The maximum Gasteiger partial charge on any atom is 0.412 e. The van der Waals surface area contributed by atoms with Gasteiger partial charge in [-0.3, -0.25) is 15.0 Å². The lowest BCUT2D eigenvalue weighted by molar-refractivity contribution is -0.384. The number of non-ortho nitro benzene ring substituents is 1. The van der Waals surface area contributed by atoms with E-state index >= 15 is 0 Å². The molecule has 2 aromatic rings. The fraction of sp³-hybridized carbons (Fsp3) is 0.278. The molecule has 1 amide bonds. The fourth-order valence-electron chi connectivity index (χ4n) is 2.87. The van der Waals surface area contributed by atoms with Crippen LogP contribution in [0.3, 0.4) is 0 Å². The second-order valence-electron chi connectivity index (χ2n) is 5.99. The summed E-state index contributed by atoms with van der Waals surface area (Å²) in [6.45, 7) is 2.54. The highest BCUT2D eigenvalue weighted by molar-refractivity contribution is 5.70. The van der Waals surface area contributed by atoms with Crippen molar-refractivity contribution < 1.29 is 14.5 Å². The van der Waals surface area contributed by atoms with Crippen molar-refractivity contribution in [2.75, 3.05) is 13.1 Å². The molecule has 7 nitrogen and oxygen atoms in total. The number of nitrogens with one attached hydrogen (secondary N) is 1. The van der Waals surface area contributed by atoms with Gasteiger partial charge in [0.25, 0.3) is 5.69 Å². The number of hydrogen-bond donors (Lipinski definition) is 1. The third kappa shape index (κ3) is 4.77. The molecule has 0 unspecified atom stereocenters. The molecule has 1 saturated heterocycles. The molecule has 0 spiro atoms. The first-order chi connectivity index (χ1) is 12.1. The topological polar surface area (TPSA) is 84.7 Å². The van der Waals surface area contributed by atoms with Gasteiger partial charge in [0, 0.05) is 37.8 Å². The van der Waals surface area contributed by atoms with Crippen molar-refractivity contribution >= 4 is 11.8 Å². The van der Waals surface area contributed by atoms with Gasteiger partial charge in [-0.15, -0.1) is 0 Å². The summed E-state index contributed by atoms with van der Waals surface area (Å²) < 4.78 is 5.17. The van der Waals surface area contributed by atoms with Gasteiger partial charge < -0.3 is 10.1 Å². The second kappa shape index (κ2) is 7.76. The zero-order chi connectivity index (χ0) is 17.6. The molecule has 1 aliphatic heterocycles. The van der Waals surface area contributed by atoms with Gasteiger partial charge in [0.15, 0.2) is 0 Å². The molecular weight excluding hydrogens is 322 g/mol. The van der Waals surface area contributed by atoms with Crippen LogP contribution >= 0.6 is 0 Å². The Hall–Kier alpha value is -2.93. The number of hydrogen-bond acceptors (Lipinski definition) is 5. The largest absolute Gasteiger partial charge is 0.412 e. The average Bonchev–Trinajstić information content (AvgIpc) is 3.03.